The SMILES string of the molecule is CCC(C)N(C(=O)O)[C@@H]1C(=O)N2[C@@H](C[C@@](C)(Oc3nc(OC(C)C)cc4ccccc34)C2(F)F)C(=O)N[C@]2(C(=O)NS(=O)(=O)C3(C)CC3)C[C@H]2/C=C\CC[C@H](C)C[C@H]1C. The molecule has 1 unspecified atom stereocenters. The molecular weight excluding hydrogens is 789 g/mol. The van der Waals surface area contributed by atoms with Gasteiger partial charge in [-0.2, -0.15) is 13.8 Å². The number of fused-ring (bicyclic) bond motifs is 3. The van der Waals surface area contributed by atoms with Crippen molar-refractivity contribution in [3.8, 4) is 11.8 Å². The third-order valence-corrected chi connectivity index (χ3v) is 14.8. The summed E-state index contributed by atoms with van der Waals surface area (Å²) in [5.74, 6) is -5.17. The molecule has 2 saturated carbocycles. The number of hydrogen-bond acceptors (Lipinski definition) is 9. The number of benzene rings is 1. The van der Waals surface area contributed by atoms with Crippen LogP contribution in [0.25, 0.3) is 10.8 Å². The first kappa shape index (κ1) is 44.0. The monoisotopic (exact) mass is 845 g/mol. The quantitative estimate of drug-likeness (QED) is 0.179. The van der Waals surface area contributed by atoms with Crippen LogP contribution in [0.4, 0.5) is 13.6 Å². The van der Waals surface area contributed by atoms with Gasteiger partial charge in [-0.1, -0.05) is 51.1 Å². The fourth-order valence-corrected chi connectivity index (χ4v) is 9.83. The summed E-state index contributed by atoms with van der Waals surface area (Å²) in [7, 11) is -4.16. The Balaban J connectivity index is 1.49. The maximum atomic E-state index is 17.7. The number of rotatable bonds is 10. The van der Waals surface area contributed by atoms with Crippen LogP contribution in [0.3, 0.4) is 0 Å². The molecule has 14 nitrogen and oxygen atoms in total. The number of pyridine rings is 1. The lowest BCUT2D eigenvalue weighted by atomic mass is 9.86. The predicted octanol–water partition coefficient (Wildman–Crippen LogP) is 6.39. The van der Waals surface area contributed by atoms with Gasteiger partial charge in [-0.15, -0.1) is 0 Å². The van der Waals surface area contributed by atoms with Crippen LogP contribution in [0.5, 0.6) is 11.8 Å². The van der Waals surface area contributed by atoms with Gasteiger partial charge < -0.3 is 19.9 Å². The molecule has 8 atom stereocenters. The van der Waals surface area contributed by atoms with E-state index < -0.39 is 92.2 Å². The molecule has 3 heterocycles. The highest BCUT2D eigenvalue weighted by atomic mass is 32.2. The maximum absolute atomic E-state index is 17.7. The predicted molar refractivity (Wildman–Crippen MR) is 215 cm³/mol. The Morgan fingerprint density at radius 2 is 1.80 bits per heavy atom. The van der Waals surface area contributed by atoms with Gasteiger partial charge in [0.2, 0.25) is 27.7 Å². The molecule has 0 spiro atoms. The van der Waals surface area contributed by atoms with Crippen LogP contribution >= 0.6 is 0 Å². The highest BCUT2D eigenvalue weighted by molar-refractivity contribution is 7.91. The van der Waals surface area contributed by atoms with Crippen LogP contribution in [0.2, 0.25) is 0 Å². The van der Waals surface area contributed by atoms with Gasteiger partial charge in [-0.25, -0.2) is 13.2 Å². The molecular formula is C42H57F2N5O9S. The van der Waals surface area contributed by atoms with Crippen molar-refractivity contribution in [1.29, 1.82) is 0 Å². The molecule has 0 bridgehead atoms. The molecule has 0 radical (unpaired) electrons. The van der Waals surface area contributed by atoms with E-state index in [1.165, 1.54) is 6.92 Å². The largest absolute Gasteiger partial charge is 0.475 e. The second kappa shape index (κ2) is 15.8. The lowest BCUT2D eigenvalue weighted by molar-refractivity contribution is -0.219. The first-order chi connectivity index (χ1) is 27.5. The number of ether oxygens (including phenoxy) is 2. The van der Waals surface area contributed by atoms with E-state index in [-0.39, 0.29) is 41.5 Å². The van der Waals surface area contributed by atoms with Crippen molar-refractivity contribution in [2.45, 2.75) is 153 Å². The van der Waals surface area contributed by atoms with Gasteiger partial charge in [0.1, 0.15) is 17.6 Å². The summed E-state index contributed by atoms with van der Waals surface area (Å²) in [4.78, 5) is 62.4. The topological polar surface area (TPSA) is 185 Å². The number of carbonyl (C=O) groups excluding carboxylic acids is 3. The van der Waals surface area contributed by atoms with Gasteiger partial charge in [0.15, 0.2) is 5.60 Å². The number of nitrogens with one attached hydrogen (secondary N) is 2. The second-order valence-electron chi connectivity index (χ2n) is 17.8. The highest BCUT2D eigenvalue weighted by Crippen LogP contribution is 2.51. The van der Waals surface area contributed by atoms with Gasteiger partial charge in [0.25, 0.3) is 11.8 Å². The van der Waals surface area contributed by atoms with Gasteiger partial charge in [-0.05, 0) is 103 Å². The Labute approximate surface area is 344 Å². The summed E-state index contributed by atoms with van der Waals surface area (Å²) in [6.45, 7) is 13.0. The minimum Gasteiger partial charge on any atom is -0.475 e. The Morgan fingerprint density at radius 1 is 1.12 bits per heavy atom. The van der Waals surface area contributed by atoms with Gasteiger partial charge in [-0.3, -0.25) is 28.9 Å². The number of aromatic nitrogens is 1. The number of carbonyl (C=O) groups is 4. The number of halogens is 2. The normalized spacial score (nSPS) is 31.4. The number of hydrogen-bond donors (Lipinski definition) is 3. The van der Waals surface area contributed by atoms with Crippen molar-refractivity contribution in [2.75, 3.05) is 0 Å². The molecule has 3 N–H and O–H groups in total. The highest BCUT2D eigenvalue weighted by Gasteiger charge is 2.71. The summed E-state index contributed by atoms with van der Waals surface area (Å²) in [5, 5.41) is 14.1. The van der Waals surface area contributed by atoms with E-state index >= 15 is 13.6 Å². The van der Waals surface area contributed by atoms with E-state index in [1.54, 1.807) is 71.0 Å². The molecule has 4 aliphatic rings. The number of carboxylic acid groups (broad SMARTS) is 1. The van der Waals surface area contributed by atoms with Crippen LogP contribution in [-0.2, 0) is 24.4 Å². The van der Waals surface area contributed by atoms with Crippen LogP contribution in [0, 0.1) is 17.8 Å². The molecule has 1 aromatic heterocycles. The average molecular weight is 846 g/mol. The van der Waals surface area contributed by atoms with Crippen molar-refractivity contribution in [1.82, 2.24) is 24.8 Å². The molecule has 3 fully saturated rings. The number of amides is 4. The zero-order chi connectivity index (χ0) is 43.5. The van der Waals surface area contributed by atoms with Crippen LogP contribution in [0.15, 0.2) is 42.5 Å². The van der Waals surface area contributed by atoms with E-state index in [1.807, 2.05) is 13.0 Å². The van der Waals surface area contributed by atoms with Crippen molar-refractivity contribution in [2.24, 2.45) is 17.8 Å². The Kier molecular flexibility index (Phi) is 11.8. The zero-order valence-corrected chi connectivity index (χ0v) is 35.8. The van der Waals surface area contributed by atoms with E-state index in [9.17, 15) is 27.9 Å². The van der Waals surface area contributed by atoms with Crippen molar-refractivity contribution >= 4 is 44.6 Å². The number of allylic oxidation sites excluding steroid dienone is 1. The maximum Gasteiger partial charge on any atom is 0.408 e. The third-order valence-electron chi connectivity index (χ3n) is 12.7. The first-order valence-corrected chi connectivity index (χ1v) is 22.0. The minimum absolute atomic E-state index is 0.0211. The fraction of sp³-hybridized carbons (Fsp3) is 0.643. The second-order valence-corrected chi connectivity index (χ2v) is 20.0. The van der Waals surface area contributed by atoms with Gasteiger partial charge >= 0.3 is 12.1 Å². The molecule has 4 amide bonds. The van der Waals surface area contributed by atoms with E-state index in [2.05, 4.69) is 15.0 Å². The summed E-state index contributed by atoms with van der Waals surface area (Å²) < 4.78 is 75.0. The zero-order valence-electron chi connectivity index (χ0n) is 35.0. The molecule has 17 heteroatoms. The van der Waals surface area contributed by atoms with E-state index in [0.29, 0.717) is 42.9 Å². The molecule has 2 aliphatic heterocycles. The molecule has 6 rings (SSSR count). The Bertz CT molecular complexity index is 2130. The average Bonchev–Trinajstić information content (AvgIpc) is 4.05. The number of nitrogens with zero attached hydrogens (tertiary/aromatic N) is 3. The van der Waals surface area contributed by atoms with Crippen LogP contribution in [0.1, 0.15) is 107 Å². The van der Waals surface area contributed by atoms with Gasteiger partial charge in [0, 0.05) is 29.8 Å². The van der Waals surface area contributed by atoms with E-state index in [0.717, 1.165) is 11.8 Å². The Hall–Kier alpha value is -4.54. The molecule has 2 aliphatic carbocycles. The summed E-state index contributed by atoms with van der Waals surface area (Å²) in [6.07, 6.45) is 3.24. The molecule has 324 valence electrons. The molecule has 1 saturated heterocycles. The molecule has 59 heavy (non-hydrogen) atoms. The fourth-order valence-electron chi connectivity index (χ4n) is 8.52. The van der Waals surface area contributed by atoms with Crippen molar-refractivity contribution < 1.29 is 51.0 Å². The minimum atomic E-state index is -4.29. The lowest BCUT2D eigenvalue weighted by Gasteiger charge is -2.42. The number of alkyl halides is 2. The van der Waals surface area contributed by atoms with Crippen molar-refractivity contribution in [3.63, 3.8) is 0 Å². The van der Waals surface area contributed by atoms with Crippen LogP contribution in [-0.4, -0.2) is 98.3 Å². The summed E-state index contributed by atoms with van der Waals surface area (Å²) in [6, 6.07) is -0.320. The third kappa shape index (κ3) is 8.19. The summed E-state index contributed by atoms with van der Waals surface area (Å²) in [5.41, 5.74) is -4.49. The first-order valence-electron chi connectivity index (χ1n) is 20.5. The smallest absolute Gasteiger partial charge is 0.408 e. The Morgan fingerprint density at radius 3 is 2.42 bits per heavy atom. The van der Waals surface area contributed by atoms with Crippen LogP contribution < -0.4 is 19.5 Å². The molecule has 1 aromatic carbocycles. The van der Waals surface area contributed by atoms with Crippen molar-refractivity contribution in [3.05, 3.63) is 42.5 Å². The molecule has 2 aromatic rings. The lowest BCUT2D eigenvalue weighted by Crippen LogP contribution is -2.64. The standard InChI is InChI=1S/C42H57F2N5O9S/c1-9-27(6)48(38(53)54)33-26(5)20-25(4)14-10-12-16-29-22-41(29,37(52)47-59(55,56)39(7)18-19-39)46-34(50)31-23-40(8,42(43,44)49(31)36(33)51)58-35-30-17-13-11-15-28(30)21-32(45-35)57-24(2)3/h11-13,15-17,21,24-27,29,31,33H,9-10,14,18-20,22-23H2,1-8H3,(H,46,50)(H,47,52)(H,53,54)/b16-12-/t25-,26+,27?,29+,31-,33-,40+,41+/m0/s1. The summed E-state index contributed by atoms with van der Waals surface area (Å²) >= 11 is 0. The number of sulfonamides is 1. The van der Waals surface area contributed by atoms with Gasteiger partial charge in [0.05, 0.1) is 10.9 Å². The van der Waals surface area contributed by atoms with E-state index in [4.69, 9.17) is 9.47 Å².